The third-order valence-corrected chi connectivity index (χ3v) is 6.74. The Hall–Kier alpha value is -3.21. The summed E-state index contributed by atoms with van der Waals surface area (Å²) in [4.78, 5) is 18.7. The number of nitrogens with one attached hydrogen (secondary N) is 2. The first-order valence-corrected chi connectivity index (χ1v) is 11.7. The van der Waals surface area contributed by atoms with Crippen LogP contribution in [-0.4, -0.2) is 23.9 Å². The van der Waals surface area contributed by atoms with Crippen molar-refractivity contribution in [3.05, 3.63) is 107 Å². The topological polar surface area (TPSA) is 53.9 Å². The monoisotopic (exact) mass is 425 g/mol. The second kappa shape index (κ2) is 9.51. The van der Waals surface area contributed by atoms with Crippen molar-refractivity contribution in [2.45, 2.75) is 32.0 Å². The molecule has 4 N–H and O–H groups in total. The first-order chi connectivity index (χ1) is 15.8. The highest BCUT2D eigenvalue weighted by Gasteiger charge is 2.28. The standard InChI is InChI=1S/C28H29N3O/c32-28(25-19-29-26-15-7-6-14-24(25)26)27(21-10-2-1-3-11-21)30-18-22-12-4-5-13-23(22)20-31-16-8-9-17-31/h1-7,10-15,19,27,29-30H,8-9,16-18,20H2/p+2/t27-/m1/s1. The largest absolute Gasteiger partial charge is 0.360 e. The first-order valence-electron chi connectivity index (χ1n) is 11.7. The maximum absolute atomic E-state index is 13.7. The quantitative estimate of drug-likeness (QED) is 0.374. The van der Waals surface area contributed by atoms with Crippen LogP contribution in [0.25, 0.3) is 10.9 Å². The number of ketones is 1. The molecule has 4 nitrogen and oxygen atoms in total. The lowest BCUT2D eigenvalue weighted by molar-refractivity contribution is -0.901. The Morgan fingerprint density at radius 1 is 0.875 bits per heavy atom. The number of Topliss-reactive ketones (excluding diaryl/α,β-unsaturated/α-hetero) is 1. The average molecular weight is 426 g/mol. The maximum atomic E-state index is 13.7. The van der Waals surface area contributed by atoms with E-state index >= 15 is 0 Å². The van der Waals surface area contributed by atoms with Gasteiger partial charge >= 0.3 is 0 Å². The number of para-hydroxylation sites is 1. The zero-order valence-electron chi connectivity index (χ0n) is 18.4. The van der Waals surface area contributed by atoms with Crippen molar-refractivity contribution in [1.29, 1.82) is 0 Å². The molecule has 0 bridgehead atoms. The normalized spacial score (nSPS) is 15.2. The van der Waals surface area contributed by atoms with Crippen molar-refractivity contribution in [1.82, 2.24) is 4.98 Å². The number of rotatable bonds is 8. The van der Waals surface area contributed by atoms with Crippen LogP contribution in [-0.2, 0) is 13.1 Å². The number of carbonyl (C=O) groups excluding carboxylic acids is 1. The highest BCUT2D eigenvalue weighted by Crippen LogP contribution is 2.23. The van der Waals surface area contributed by atoms with Gasteiger partial charge in [0.2, 0.25) is 5.78 Å². The van der Waals surface area contributed by atoms with Crippen LogP contribution in [0.5, 0.6) is 0 Å². The molecule has 4 aromatic rings. The van der Waals surface area contributed by atoms with E-state index in [0.29, 0.717) is 0 Å². The lowest BCUT2D eigenvalue weighted by atomic mass is 9.96. The SMILES string of the molecule is O=C(c1c[nH]c2ccccc12)[C@H]([NH2+]Cc1ccccc1C[NH+]1CCCC1)c1ccccc1. The summed E-state index contributed by atoms with van der Waals surface area (Å²) in [6.45, 7) is 4.40. The van der Waals surface area contributed by atoms with Gasteiger partial charge in [-0.1, -0.05) is 72.8 Å². The molecule has 1 saturated heterocycles. The maximum Gasteiger partial charge on any atom is 0.226 e. The molecule has 5 rings (SSSR count). The molecule has 3 aromatic carbocycles. The second-order valence-electron chi connectivity index (χ2n) is 8.84. The van der Waals surface area contributed by atoms with Gasteiger partial charge in [-0.25, -0.2) is 0 Å². The third kappa shape index (κ3) is 4.38. The van der Waals surface area contributed by atoms with Crippen LogP contribution < -0.4 is 10.2 Å². The predicted molar refractivity (Wildman–Crippen MR) is 128 cm³/mol. The molecule has 1 aromatic heterocycles. The van der Waals surface area contributed by atoms with Crippen LogP contribution in [0.15, 0.2) is 85.1 Å². The Labute approximate surface area is 189 Å². The lowest BCUT2D eigenvalue weighted by Crippen LogP contribution is -3.08. The van der Waals surface area contributed by atoms with E-state index in [9.17, 15) is 4.79 Å². The summed E-state index contributed by atoms with van der Waals surface area (Å²) in [7, 11) is 0. The number of hydrogen-bond acceptors (Lipinski definition) is 1. The van der Waals surface area contributed by atoms with Crippen molar-refractivity contribution in [3.8, 4) is 0 Å². The van der Waals surface area contributed by atoms with Crippen molar-refractivity contribution in [2.24, 2.45) is 0 Å². The van der Waals surface area contributed by atoms with E-state index in [-0.39, 0.29) is 11.8 Å². The summed E-state index contributed by atoms with van der Waals surface area (Å²) >= 11 is 0. The fraction of sp³-hybridized carbons (Fsp3) is 0.250. The Kier molecular flexibility index (Phi) is 6.15. The highest BCUT2D eigenvalue weighted by atomic mass is 16.1. The van der Waals surface area contributed by atoms with Crippen LogP contribution in [0.2, 0.25) is 0 Å². The molecule has 32 heavy (non-hydrogen) atoms. The zero-order chi connectivity index (χ0) is 21.8. The fourth-order valence-corrected chi connectivity index (χ4v) is 4.99. The zero-order valence-corrected chi connectivity index (χ0v) is 18.4. The Morgan fingerprint density at radius 3 is 2.38 bits per heavy atom. The van der Waals surface area contributed by atoms with Crippen LogP contribution in [0.1, 0.15) is 45.9 Å². The molecule has 2 heterocycles. The summed E-state index contributed by atoms with van der Waals surface area (Å²) in [5.74, 6) is 0.149. The lowest BCUT2D eigenvalue weighted by Gasteiger charge is -2.18. The summed E-state index contributed by atoms with van der Waals surface area (Å²) in [6, 6.07) is 26.7. The minimum Gasteiger partial charge on any atom is -0.360 e. The van der Waals surface area contributed by atoms with Crippen LogP contribution in [0, 0.1) is 0 Å². The van der Waals surface area contributed by atoms with Gasteiger partial charge in [0.05, 0.1) is 13.1 Å². The molecule has 0 aliphatic carbocycles. The van der Waals surface area contributed by atoms with Gasteiger partial charge in [0.15, 0.2) is 6.04 Å². The van der Waals surface area contributed by atoms with E-state index in [1.165, 1.54) is 37.1 Å². The van der Waals surface area contributed by atoms with Gasteiger partial charge in [0.25, 0.3) is 0 Å². The molecule has 4 heteroatoms. The van der Waals surface area contributed by atoms with E-state index in [0.717, 1.165) is 35.1 Å². The number of aromatic nitrogens is 1. The molecule has 162 valence electrons. The minimum atomic E-state index is -0.275. The number of carbonyl (C=O) groups is 1. The molecule has 1 atom stereocenters. The highest BCUT2D eigenvalue weighted by molar-refractivity contribution is 6.09. The number of nitrogens with two attached hydrogens (primary N) is 1. The van der Waals surface area contributed by atoms with Gasteiger partial charge < -0.3 is 15.2 Å². The van der Waals surface area contributed by atoms with Crippen LogP contribution in [0.3, 0.4) is 0 Å². The minimum absolute atomic E-state index is 0.149. The smallest absolute Gasteiger partial charge is 0.226 e. The molecular weight excluding hydrogens is 394 g/mol. The number of fused-ring (bicyclic) bond motifs is 1. The van der Waals surface area contributed by atoms with Gasteiger partial charge in [-0.2, -0.15) is 0 Å². The van der Waals surface area contributed by atoms with Gasteiger partial charge in [-0.15, -0.1) is 0 Å². The van der Waals surface area contributed by atoms with Crippen LogP contribution >= 0.6 is 0 Å². The first kappa shape index (κ1) is 20.7. The van der Waals surface area contributed by atoms with Crippen molar-refractivity contribution in [2.75, 3.05) is 13.1 Å². The number of likely N-dealkylation sites (tertiary alicyclic amines) is 1. The van der Waals surface area contributed by atoms with Gasteiger partial charge in [0.1, 0.15) is 13.1 Å². The van der Waals surface area contributed by atoms with Crippen molar-refractivity contribution < 1.29 is 15.0 Å². The number of H-pyrrole nitrogens is 1. The van der Waals surface area contributed by atoms with Gasteiger partial charge in [-0.3, -0.25) is 4.79 Å². The summed E-state index contributed by atoms with van der Waals surface area (Å²) in [5, 5.41) is 3.20. The summed E-state index contributed by atoms with van der Waals surface area (Å²) in [6.07, 6.45) is 4.53. The second-order valence-corrected chi connectivity index (χ2v) is 8.84. The van der Waals surface area contributed by atoms with Crippen molar-refractivity contribution in [3.63, 3.8) is 0 Å². The van der Waals surface area contributed by atoms with E-state index in [2.05, 4.69) is 46.7 Å². The van der Waals surface area contributed by atoms with Gasteiger partial charge in [0, 0.05) is 52.2 Å². The number of benzene rings is 3. The predicted octanol–water partition coefficient (Wildman–Crippen LogP) is 3.03. The summed E-state index contributed by atoms with van der Waals surface area (Å²) in [5.41, 5.74) is 5.55. The number of quaternary nitrogens is 2. The Morgan fingerprint density at radius 2 is 1.56 bits per heavy atom. The number of hydrogen-bond donors (Lipinski definition) is 3. The molecule has 0 spiro atoms. The Bertz CT molecular complexity index is 1190. The van der Waals surface area contributed by atoms with Crippen molar-refractivity contribution >= 4 is 16.7 Å². The van der Waals surface area contributed by atoms with E-state index in [1.807, 2.05) is 48.7 Å². The molecule has 1 aliphatic heterocycles. The molecule has 1 fully saturated rings. The van der Waals surface area contributed by atoms with E-state index < -0.39 is 0 Å². The summed E-state index contributed by atoms with van der Waals surface area (Å²) < 4.78 is 0. The Balaban J connectivity index is 1.41. The van der Waals surface area contributed by atoms with E-state index in [1.54, 1.807) is 4.90 Å². The third-order valence-electron chi connectivity index (χ3n) is 6.74. The molecular formula is C28H31N3O+2. The molecule has 0 radical (unpaired) electrons. The molecule has 0 saturated carbocycles. The molecule has 0 amide bonds. The molecule has 0 unspecified atom stereocenters. The molecule has 1 aliphatic rings. The number of aromatic amines is 1. The van der Waals surface area contributed by atoms with Gasteiger partial charge in [-0.05, 0) is 6.07 Å². The van der Waals surface area contributed by atoms with E-state index in [4.69, 9.17) is 0 Å². The van der Waals surface area contributed by atoms with Crippen LogP contribution in [0.4, 0.5) is 0 Å². The fourth-order valence-electron chi connectivity index (χ4n) is 4.99. The average Bonchev–Trinajstić information content (AvgIpc) is 3.51.